The van der Waals surface area contributed by atoms with Gasteiger partial charge in [-0.05, 0) is 30.5 Å². The van der Waals surface area contributed by atoms with Crippen LogP contribution in [0.15, 0.2) is 18.2 Å². The van der Waals surface area contributed by atoms with Crippen molar-refractivity contribution in [2.24, 2.45) is 0 Å². The molecule has 6 heteroatoms. The molecule has 0 heterocycles. The number of alkyl halides is 3. The third-order valence-electron chi connectivity index (χ3n) is 2.89. The topological polar surface area (TPSA) is 29.5 Å². The summed E-state index contributed by atoms with van der Waals surface area (Å²) < 4.78 is 42.8. The van der Waals surface area contributed by atoms with Gasteiger partial charge in [0.1, 0.15) is 0 Å². The summed E-state index contributed by atoms with van der Waals surface area (Å²) in [6, 6.07) is 3.57. The van der Waals surface area contributed by atoms with Gasteiger partial charge in [-0.1, -0.05) is 17.7 Å². The summed E-state index contributed by atoms with van der Waals surface area (Å²) in [5.74, 6) is 0. The fourth-order valence-electron chi connectivity index (χ4n) is 1.77. The molecule has 0 radical (unpaired) electrons. The molecule has 1 fully saturated rings. The Morgan fingerprint density at radius 1 is 1.33 bits per heavy atom. The van der Waals surface area contributed by atoms with E-state index in [0.29, 0.717) is 18.4 Å². The summed E-state index contributed by atoms with van der Waals surface area (Å²) in [7, 11) is 0. The third-order valence-corrected chi connectivity index (χ3v) is 3.21. The molecule has 2 rings (SSSR count). The maximum atomic E-state index is 12.5. The largest absolute Gasteiger partial charge is 0.417 e. The number of halogens is 4. The minimum Gasteiger partial charge on any atom is -0.393 e. The highest BCUT2D eigenvalue weighted by Crippen LogP contribution is 2.35. The van der Waals surface area contributed by atoms with Crippen LogP contribution in [0.3, 0.4) is 0 Å². The second kappa shape index (κ2) is 5.07. The van der Waals surface area contributed by atoms with Crippen molar-refractivity contribution in [1.29, 1.82) is 0 Å². The van der Waals surface area contributed by atoms with Gasteiger partial charge in [0.2, 0.25) is 0 Å². The predicted molar refractivity (Wildman–Crippen MR) is 60.3 cm³/mol. The highest BCUT2D eigenvalue weighted by molar-refractivity contribution is 6.31. The third kappa shape index (κ3) is 3.16. The molecule has 0 unspecified atom stereocenters. The first-order valence-corrected chi connectivity index (χ1v) is 5.89. The van der Waals surface area contributed by atoms with Gasteiger partial charge in [0, 0.05) is 0 Å². The lowest BCUT2D eigenvalue weighted by Crippen LogP contribution is -2.35. The Labute approximate surface area is 107 Å². The number of hydrogen-bond acceptors (Lipinski definition) is 2. The predicted octanol–water partition coefficient (Wildman–Crippen LogP) is 3.40. The second-order valence-electron chi connectivity index (χ2n) is 4.37. The van der Waals surface area contributed by atoms with Crippen molar-refractivity contribution >= 4 is 11.6 Å². The van der Waals surface area contributed by atoms with Crippen LogP contribution in [0.2, 0.25) is 5.02 Å². The van der Waals surface area contributed by atoms with Crippen molar-refractivity contribution in [3.8, 4) is 0 Å². The van der Waals surface area contributed by atoms with Crippen LogP contribution >= 0.6 is 11.6 Å². The van der Waals surface area contributed by atoms with Gasteiger partial charge in [0.25, 0.3) is 0 Å². The molecule has 0 saturated heterocycles. The van der Waals surface area contributed by atoms with Gasteiger partial charge in [-0.2, -0.15) is 13.2 Å². The summed E-state index contributed by atoms with van der Waals surface area (Å²) in [5.41, 5.74) is -0.249. The lowest BCUT2D eigenvalue weighted by Gasteiger charge is -2.31. The van der Waals surface area contributed by atoms with Gasteiger partial charge in [0.05, 0.1) is 29.4 Å². The number of ether oxygens (including phenoxy) is 1. The van der Waals surface area contributed by atoms with Crippen LogP contribution in [0.4, 0.5) is 13.2 Å². The Morgan fingerprint density at radius 2 is 2.00 bits per heavy atom. The number of aliphatic hydroxyl groups excluding tert-OH is 1. The molecule has 0 spiro atoms. The van der Waals surface area contributed by atoms with Gasteiger partial charge in [-0.3, -0.25) is 0 Å². The molecule has 1 N–H and O–H groups in total. The molecule has 2 nitrogen and oxygen atoms in total. The first kappa shape index (κ1) is 13.6. The van der Waals surface area contributed by atoms with E-state index >= 15 is 0 Å². The van der Waals surface area contributed by atoms with Crippen molar-refractivity contribution in [2.45, 2.75) is 37.8 Å². The Bertz CT molecular complexity index is 428. The summed E-state index contributed by atoms with van der Waals surface area (Å²) in [6.45, 7) is 0.204. The van der Waals surface area contributed by atoms with E-state index in [0.717, 1.165) is 6.07 Å². The molecule has 1 aliphatic carbocycles. The Hall–Kier alpha value is -0.780. The van der Waals surface area contributed by atoms with Gasteiger partial charge in [-0.15, -0.1) is 0 Å². The van der Waals surface area contributed by atoms with E-state index in [-0.39, 0.29) is 23.8 Å². The zero-order valence-electron chi connectivity index (χ0n) is 9.38. The van der Waals surface area contributed by atoms with E-state index in [1.165, 1.54) is 12.1 Å². The van der Waals surface area contributed by atoms with Crippen molar-refractivity contribution in [1.82, 2.24) is 0 Å². The van der Waals surface area contributed by atoms with Gasteiger partial charge < -0.3 is 9.84 Å². The summed E-state index contributed by atoms with van der Waals surface area (Å²) in [6.07, 6.45) is -3.61. The number of hydrogen-bond donors (Lipinski definition) is 1. The van der Waals surface area contributed by atoms with E-state index in [9.17, 15) is 13.2 Å². The molecule has 0 bridgehead atoms. The van der Waals surface area contributed by atoms with E-state index in [1.807, 2.05) is 0 Å². The molecule has 100 valence electrons. The molecule has 0 aromatic heterocycles. The number of aliphatic hydroxyl groups is 1. The van der Waals surface area contributed by atoms with E-state index in [1.54, 1.807) is 0 Å². The summed E-state index contributed by atoms with van der Waals surface area (Å²) in [5, 5.41) is 8.74. The first-order chi connectivity index (χ1) is 8.36. The van der Waals surface area contributed by atoms with Crippen LogP contribution in [0.5, 0.6) is 0 Å². The zero-order valence-corrected chi connectivity index (χ0v) is 10.1. The molecular formula is C12H12ClF3O2. The van der Waals surface area contributed by atoms with Crippen molar-refractivity contribution in [3.05, 3.63) is 34.3 Å². The Balaban J connectivity index is 1.96. The zero-order chi connectivity index (χ0) is 13.3. The van der Waals surface area contributed by atoms with Gasteiger partial charge >= 0.3 is 6.18 Å². The number of rotatable bonds is 3. The summed E-state index contributed by atoms with van der Waals surface area (Å²) in [4.78, 5) is 0. The highest BCUT2D eigenvalue weighted by Gasteiger charge is 2.33. The quantitative estimate of drug-likeness (QED) is 0.919. The number of benzene rings is 1. The highest BCUT2D eigenvalue weighted by atomic mass is 35.5. The van der Waals surface area contributed by atoms with Crippen molar-refractivity contribution in [3.63, 3.8) is 0 Å². The molecule has 0 amide bonds. The maximum absolute atomic E-state index is 12.5. The van der Waals surface area contributed by atoms with E-state index in [4.69, 9.17) is 21.4 Å². The SMILES string of the molecule is OC1CC(OCc2ccc(C(F)(F)F)c(Cl)c2)C1. The van der Waals surface area contributed by atoms with E-state index in [2.05, 4.69) is 0 Å². The molecular weight excluding hydrogens is 269 g/mol. The maximum Gasteiger partial charge on any atom is 0.417 e. The first-order valence-electron chi connectivity index (χ1n) is 5.51. The Kier molecular flexibility index (Phi) is 3.84. The molecule has 0 aliphatic heterocycles. The molecule has 1 aromatic carbocycles. The van der Waals surface area contributed by atoms with Crippen LogP contribution in [-0.4, -0.2) is 17.3 Å². The second-order valence-corrected chi connectivity index (χ2v) is 4.78. The van der Waals surface area contributed by atoms with Crippen LogP contribution < -0.4 is 0 Å². The lowest BCUT2D eigenvalue weighted by molar-refractivity contribution is -0.137. The lowest BCUT2D eigenvalue weighted by atomic mass is 9.92. The average Bonchev–Trinajstić information content (AvgIpc) is 2.21. The minimum atomic E-state index is -4.44. The van der Waals surface area contributed by atoms with Crippen LogP contribution in [0, 0.1) is 0 Å². The molecule has 18 heavy (non-hydrogen) atoms. The Morgan fingerprint density at radius 3 is 2.50 bits per heavy atom. The summed E-state index contributed by atoms with van der Waals surface area (Å²) >= 11 is 5.58. The van der Waals surface area contributed by atoms with E-state index < -0.39 is 11.7 Å². The van der Waals surface area contributed by atoms with Gasteiger partial charge in [-0.25, -0.2) is 0 Å². The van der Waals surface area contributed by atoms with Crippen LogP contribution in [-0.2, 0) is 17.5 Å². The van der Waals surface area contributed by atoms with Crippen molar-refractivity contribution < 1.29 is 23.0 Å². The average molecular weight is 281 g/mol. The molecule has 0 atom stereocenters. The smallest absolute Gasteiger partial charge is 0.393 e. The molecule has 1 aliphatic rings. The van der Waals surface area contributed by atoms with Crippen LogP contribution in [0.1, 0.15) is 24.0 Å². The fourth-order valence-corrected chi connectivity index (χ4v) is 2.08. The standard InChI is InChI=1S/C12H12ClF3O2/c13-11-3-7(1-2-10(11)12(14,15)16)6-18-9-4-8(17)5-9/h1-3,8-9,17H,4-6H2. The van der Waals surface area contributed by atoms with Gasteiger partial charge in [0.15, 0.2) is 0 Å². The minimum absolute atomic E-state index is 0.0129. The molecule has 1 saturated carbocycles. The monoisotopic (exact) mass is 280 g/mol. The molecule has 1 aromatic rings. The van der Waals surface area contributed by atoms with Crippen LogP contribution in [0.25, 0.3) is 0 Å². The fraction of sp³-hybridized carbons (Fsp3) is 0.500. The van der Waals surface area contributed by atoms with Crippen molar-refractivity contribution in [2.75, 3.05) is 0 Å². The normalized spacial score (nSPS) is 23.8.